The first-order valence-corrected chi connectivity index (χ1v) is 4.52. The Morgan fingerprint density at radius 1 is 1.00 bits per heavy atom. The molecule has 0 amide bonds. The summed E-state index contributed by atoms with van der Waals surface area (Å²) >= 11 is 0. The average Bonchev–Trinajstić information content (AvgIpc) is 1.89. The van der Waals surface area contributed by atoms with Crippen LogP contribution < -0.4 is 0 Å². The Bertz CT molecular complexity index is 44.3. The smallest absolute Gasteiger partial charge is 0.0499 e. The molecule has 0 aliphatic rings. The molecule has 0 bridgehead atoms. The first-order chi connectivity index (χ1) is 4.41. The van der Waals surface area contributed by atoms with Gasteiger partial charge in [-0.25, -0.2) is 0 Å². The van der Waals surface area contributed by atoms with Crippen molar-refractivity contribution in [3.8, 4) is 0 Å². The zero-order chi connectivity index (χ0) is 6.95. The SMILES string of the molecule is COCCPCCOC. The lowest BCUT2D eigenvalue weighted by Gasteiger charge is -1.98. The van der Waals surface area contributed by atoms with Crippen molar-refractivity contribution in [2.24, 2.45) is 0 Å². The number of ether oxygens (including phenoxy) is 2. The van der Waals surface area contributed by atoms with E-state index in [9.17, 15) is 0 Å². The topological polar surface area (TPSA) is 18.5 Å². The molecule has 9 heavy (non-hydrogen) atoms. The average molecular weight is 150 g/mol. The summed E-state index contributed by atoms with van der Waals surface area (Å²) in [6.45, 7) is 1.78. The van der Waals surface area contributed by atoms with Gasteiger partial charge >= 0.3 is 0 Å². The molecule has 0 aliphatic heterocycles. The molecule has 0 aromatic carbocycles. The maximum absolute atomic E-state index is 4.89. The predicted octanol–water partition coefficient (Wildman–Crippen LogP) is 0.958. The Labute approximate surface area is 58.7 Å². The van der Waals surface area contributed by atoms with Crippen LogP contribution in [0.25, 0.3) is 0 Å². The van der Waals surface area contributed by atoms with E-state index in [2.05, 4.69) is 0 Å². The Morgan fingerprint density at radius 3 is 1.78 bits per heavy atom. The van der Waals surface area contributed by atoms with E-state index < -0.39 is 0 Å². The summed E-state index contributed by atoms with van der Waals surface area (Å²) in [5, 5.41) is 0. The maximum atomic E-state index is 4.89. The minimum atomic E-state index is 0.891. The van der Waals surface area contributed by atoms with Crippen molar-refractivity contribution < 1.29 is 9.47 Å². The van der Waals surface area contributed by atoms with Crippen LogP contribution in [-0.4, -0.2) is 39.8 Å². The lowest BCUT2D eigenvalue weighted by Crippen LogP contribution is -1.94. The van der Waals surface area contributed by atoms with Gasteiger partial charge in [-0.1, -0.05) is 0 Å². The highest BCUT2D eigenvalue weighted by atomic mass is 31.1. The van der Waals surface area contributed by atoms with Gasteiger partial charge in [0.25, 0.3) is 0 Å². The fraction of sp³-hybridized carbons (Fsp3) is 1.00. The summed E-state index contributed by atoms with van der Waals surface area (Å²) < 4.78 is 9.78. The van der Waals surface area contributed by atoms with E-state index in [1.807, 2.05) is 0 Å². The molecule has 0 rings (SSSR count). The third-order valence-corrected chi connectivity index (χ3v) is 2.08. The van der Waals surface area contributed by atoms with Gasteiger partial charge in [0.15, 0.2) is 0 Å². The molecular formula is C6H15O2P. The summed E-state index contributed by atoms with van der Waals surface area (Å²) in [4.78, 5) is 0. The van der Waals surface area contributed by atoms with Gasteiger partial charge in [-0.15, -0.1) is 8.58 Å². The molecule has 0 fully saturated rings. The van der Waals surface area contributed by atoms with Gasteiger partial charge in [0.05, 0.1) is 0 Å². The van der Waals surface area contributed by atoms with Gasteiger partial charge < -0.3 is 9.47 Å². The summed E-state index contributed by atoms with van der Waals surface area (Å²) in [6, 6.07) is 0. The second-order valence-electron chi connectivity index (χ2n) is 1.74. The van der Waals surface area contributed by atoms with Gasteiger partial charge in [0.1, 0.15) is 0 Å². The molecule has 0 saturated carbocycles. The first kappa shape index (κ1) is 9.35. The Kier molecular flexibility index (Phi) is 8.67. The van der Waals surface area contributed by atoms with Crippen LogP contribution >= 0.6 is 8.58 Å². The summed E-state index contributed by atoms with van der Waals surface area (Å²) in [7, 11) is 4.47. The van der Waals surface area contributed by atoms with E-state index >= 15 is 0 Å². The number of hydrogen-bond acceptors (Lipinski definition) is 2. The minimum absolute atomic E-state index is 0.891. The van der Waals surface area contributed by atoms with Gasteiger partial charge in [0, 0.05) is 27.4 Å². The molecule has 0 N–H and O–H groups in total. The third-order valence-electron chi connectivity index (χ3n) is 0.966. The lowest BCUT2D eigenvalue weighted by atomic mass is 10.8. The van der Waals surface area contributed by atoms with Crippen LogP contribution in [-0.2, 0) is 9.47 Å². The van der Waals surface area contributed by atoms with Crippen molar-refractivity contribution in [1.29, 1.82) is 0 Å². The van der Waals surface area contributed by atoms with Crippen molar-refractivity contribution in [1.82, 2.24) is 0 Å². The van der Waals surface area contributed by atoms with Crippen molar-refractivity contribution in [2.75, 3.05) is 39.8 Å². The molecule has 0 atom stereocenters. The molecule has 0 spiro atoms. The van der Waals surface area contributed by atoms with E-state index in [1.165, 1.54) is 12.3 Å². The highest BCUT2D eigenvalue weighted by molar-refractivity contribution is 7.38. The van der Waals surface area contributed by atoms with E-state index in [1.54, 1.807) is 14.2 Å². The highest BCUT2D eigenvalue weighted by Crippen LogP contribution is 2.06. The fourth-order valence-corrected chi connectivity index (χ4v) is 1.42. The standard InChI is InChI=1S/C6H15O2P/c1-7-3-5-9-6-4-8-2/h9H,3-6H2,1-2H3. The second kappa shape index (κ2) is 8.35. The van der Waals surface area contributed by atoms with E-state index in [0.717, 1.165) is 21.8 Å². The highest BCUT2D eigenvalue weighted by Gasteiger charge is 1.85. The van der Waals surface area contributed by atoms with Crippen LogP contribution in [0.15, 0.2) is 0 Å². The van der Waals surface area contributed by atoms with Crippen LogP contribution in [0.4, 0.5) is 0 Å². The molecule has 0 heterocycles. The van der Waals surface area contributed by atoms with Gasteiger partial charge in [-0.2, -0.15) is 0 Å². The molecule has 3 heteroatoms. The monoisotopic (exact) mass is 150 g/mol. The molecule has 0 aromatic heterocycles. The van der Waals surface area contributed by atoms with Gasteiger partial charge in [-0.3, -0.25) is 0 Å². The zero-order valence-corrected chi connectivity index (χ0v) is 7.14. The maximum Gasteiger partial charge on any atom is 0.0499 e. The van der Waals surface area contributed by atoms with Crippen molar-refractivity contribution >= 4 is 8.58 Å². The molecule has 56 valence electrons. The van der Waals surface area contributed by atoms with Crippen LogP contribution in [0.1, 0.15) is 0 Å². The summed E-state index contributed by atoms with van der Waals surface area (Å²) in [5.74, 6) is 0. The number of hydrogen-bond donors (Lipinski definition) is 0. The van der Waals surface area contributed by atoms with Crippen LogP contribution in [0.5, 0.6) is 0 Å². The normalized spacial score (nSPS) is 10.0. The molecule has 0 saturated heterocycles. The number of rotatable bonds is 6. The second-order valence-corrected chi connectivity index (χ2v) is 3.24. The van der Waals surface area contributed by atoms with Gasteiger partial charge in [-0.05, 0) is 12.3 Å². The summed E-state index contributed by atoms with van der Waals surface area (Å²) in [6.07, 6.45) is 2.36. The first-order valence-electron chi connectivity index (χ1n) is 3.10. The van der Waals surface area contributed by atoms with Crippen LogP contribution in [0.2, 0.25) is 0 Å². The van der Waals surface area contributed by atoms with Crippen LogP contribution in [0, 0.1) is 0 Å². The molecular weight excluding hydrogens is 135 g/mol. The van der Waals surface area contributed by atoms with Crippen LogP contribution in [0.3, 0.4) is 0 Å². The molecule has 0 radical (unpaired) electrons. The van der Waals surface area contributed by atoms with E-state index in [-0.39, 0.29) is 0 Å². The Morgan fingerprint density at radius 2 is 1.44 bits per heavy atom. The molecule has 2 nitrogen and oxygen atoms in total. The Hall–Kier alpha value is 0.350. The quantitative estimate of drug-likeness (QED) is 0.414. The molecule has 0 aromatic rings. The minimum Gasteiger partial charge on any atom is -0.384 e. The lowest BCUT2D eigenvalue weighted by molar-refractivity contribution is 0.214. The third kappa shape index (κ3) is 8.35. The largest absolute Gasteiger partial charge is 0.384 e. The summed E-state index contributed by atoms with van der Waals surface area (Å²) in [5.41, 5.74) is 0. The molecule has 0 aliphatic carbocycles. The Balaban J connectivity index is 2.60. The van der Waals surface area contributed by atoms with Crippen molar-refractivity contribution in [2.45, 2.75) is 0 Å². The predicted molar refractivity (Wildman–Crippen MR) is 41.8 cm³/mol. The van der Waals surface area contributed by atoms with Gasteiger partial charge in [0.2, 0.25) is 0 Å². The van der Waals surface area contributed by atoms with Crippen molar-refractivity contribution in [3.63, 3.8) is 0 Å². The van der Waals surface area contributed by atoms with Crippen molar-refractivity contribution in [3.05, 3.63) is 0 Å². The number of methoxy groups -OCH3 is 2. The van der Waals surface area contributed by atoms with E-state index in [0.29, 0.717) is 0 Å². The zero-order valence-electron chi connectivity index (χ0n) is 6.14. The molecule has 0 unspecified atom stereocenters. The van der Waals surface area contributed by atoms with E-state index in [4.69, 9.17) is 9.47 Å². The fourth-order valence-electron chi connectivity index (χ4n) is 0.473.